The van der Waals surface area contributed by atoms with Gasteiger partial charge >= 0.3 is 5.97 Å². The summed E-state index contributed by atoms with van der Waals surface area (Å²) in [5, 5.41) is 2.18. The Balaban J connectivity index is 1.99. The molecule has 1 fully saturated rings. The summed E-state index contributed by atoms with van der Waals surface area (Å²) < 4.78 is 35.0. The molecule has 0 aliphatic carbocycles. The minimum Gasteiger partial charge on any atom is -0.465 e. The van der Waals surface area contributed by atoms with Crippen molar-refractivity contribution in [1.29, 1.82) is 0 Å². The second-order valence-corrected chi connectivity index (χ2v) is 11.4. The summed E-state index contributed by atoms with van der Waals surface area (Å²) in [5.74, 6) is 0.837. The normalized spacial score (nSPS) is 22.3. The molecule has 8 heteroatoms. The summed E-state index contributed by atoms with van der Waals surface area (Å²) in [7, 11) is 3.05. The van der Waals surface area contributed by atoms with Gasteiger partial charge in [-0.05, 0) is 55.4 Å². The first-order chi connectivity index (χ1) is 18.7. The molecular weight excluding hydrogens is 516 g/mol. The van der Waals surface area contributed by atoms with E-state index in [4.69, 9.17) is 9.73 Å². The topological polar surface area (TPSA) is 54.3 Å². The number of aliphatic imine (C=N–C) groups is 2. The summed E-state index contributed by atoms with van der Waals surface area (Å²) in [6.07, 6.45) is 6.41. The van der Waals surface area contributed by atoms with Gasteiger partial charge in [-0.2, -0.15) is 0 Å². The highest BCUT2D eigenvalue weighted by Crippen LogP contribution is 2.42. The molecular formula is C31H41F2N3O2S. The number of fused-ring (bicyclic) bond motifs is 1. The van der Waals surface area contributed by atoms with E-state index in [1.165, 1.54) is 14.0 Å². The number of rotatable bonds is 12. The third-order valence-corrected chi connectivity index (χ3v) is 8.63. The Morgan fingerprint density at radius 2 is 2.03 bits per heavy atom. The lowest BCUT2D eigenvalue weighted by molar-refractivity contribution is 0.0600. The molecule has 5 nitrogen and oxygen atoms in total. The number of alkyl halides is 2. The Morgan fingerprint density at radius 1 is 1.31 bits per heavy atom. The second-order valence-electron chi connectivity index (χ2n) is 10.3. The standard InChI is InChI=1S/C31H41F2N3O2S/c1-7-16-39-28(21(3)8-2)29-35-19-25(26(34-5)11-9-10-22(4)32)27-18-31(33,20-36(27)29)17-23-12-14-24(15-13-23)30(37)38-6/h7,9,11-16,21-22,28H,8,10,17-20H2,1-6H3/b11-9-,16-7-,34-26+. The van der Waals surface area contributed by atoms with Gasteiger partial charge in [0.05, 0.1) is 36.7 Å². The van der Waals surface area contributed by atoms with Crippen LogP contribution in [0.3, 0.4) is 0 Å². The molecule has 0 N–H and O–H groups in total. The lowest BCUT2D eigenvalue weighted by Crippen LogP contribution is -2.43. The Kier molecular flexibility index (Phi) is 11.1. The maximum absolute atomic E-state index is 16.7. The average molecular weight is 558 g/mol. The van der Waals surface area contributed by atoms with Gasteiger partial charge in [-0.25, -0.2) is 13.6 Å². The van der Waals surface area contributed by atoms with E-state index < -0.39 is 17.8 Å². The molecule has 3 rings (SSSR count). The number of benzene rings is 1. The van der Waals surface area contributed by atoms with E-state index in [0.717, 1.165) is 29.1 Å². The molecule has 1 aromatic carbocycles. The Hall–Kier alpha value is -2.74. The fraction of sp³-hybridized carbons (Fsp3) is 0.516. The molecule has 4 unspecified atom stereocenters. The van der Waals surface area contributed by atoms with E-state index in [1.54, 1.807) is 49.2 Å². The van der Waals surface area contributed by atoms with Crippen molar-refractivity contribution in [3.8, 4) is 0 Å². The number of amidine groups is 1. The van der Waals surface area contributed by atoms with E-state index in [0.29, 0.717) is 30.2 Å². The molecule has 4 atom stereocenters. The minimum atomic E-state index is -1.53. The third kappa shape index (κ3) is 7.68. The van der Waals surface area contributed by atoms with Gasteiger partial charge in [0.1, 0.15) is 17.7 Å². The van der Waals surface area contributed by atoms with Gasteiger partial charge in [0.15, 0.2) is 0 Å². The van der Waals surface area contributed by atoms with Crippen molar-refractivity contribution in [2.45, 2.75) is 70.5 Å². The molecule has 39 heavy (non-hydrogen) atoms. The fourth-order valence-electron chi connectivity index (χ4n) is 4.99. The Morgan fingerprint density at radius 3 is 2.62 bits per heavy atom. The fourth-order valence-corrected chi connectivity index (χ4v) is 6.10. The molecule has 0 radical (unpaired) electrons. The van der Waals surface area contributed by atoms with Crippen molar-refractivity contribution in [3.63, 3.8) is 0 Å². The molecule has 0 saturated carbocycles. The number of esters is 1. The van der Waals surface area contributed by atoms with Crippen LogP contribution in [0.4, 0.5) is 8.78 Å². The average Bonchev–Trinajstić information content (AvgIpc) is 3.28. The first-order valence-corrected chi connectivity index (χ1v) is 14.5. The number of carbonyl (C=O) groups excluding carboxylic acids is 1. The number of carbonyl (C=O) groups is 1. The summed E-state index contributed by atoms with van der Waals surface area (Å²) in [4.78, 5) is 23.4. The smallest absolute Gasteiger partial charge is 0.337 e. The van der Waals surface area contributed by atoms with Crippen LogP contribution in [-0.4, -0.2) is 66.8 Å². The van der Waals surface area contributed by atoms with Crippen LogP contribution < -0.4 is 0 Å². The van der Waals surface area contributed by atoms with Crippen LogP contribution in [0.25, 0.3) is 0 Å². The number of ether oxygens (including phenoxy) is 1. The van der Waals surface area contributed by atoms with Gasteiger partial charge in [0, 0.05) is 31.2 Å². The van der Waals surface area contributed by atoms with Gasteiger partial charge in [-0.3, -0.25) is 9.98 Å². The number of methoxy groups -OCH3 is 1. The summed E-state index contributed by atoms with van der Waals surface area (Å²) in [5.41, 5.74) is 2.23. The second kappa shape index (κ2) is 14.1. The highest BCUT2D eigenvalue weighted by Gasteiger charge is 2.47. The lowest BCUT2D eigenvalue weighted by Gasteiger charge is -2.35. The molecule has 1 saturated heterocycles. The highest BCUT2D eigenvalue weighted by molar-refractivity contribution is 8.03. The predicted molar refractivity (Wildman–Crippen MR) is 159 cm³/mol. The zero-order valence-corrected chi connectivity index (χ0v) is 24.7. The monoisotopic (exact) mass is 557 g/mol. The third-order valence-electron chi connectivity index (χ3n) is 7.23. The molecule has 2 heterocycles. The van der Waals surface area contributed by atoms with Gasteiger partial charge < -0.3 is 9.64 Å². The number of thioether (sulfide) groups is 1. The van der Waals surface area contributed by atoms with Crippen molar-refractivity contribution in [3.05, 3.63) is 70.3 Å². The van der Waals surface area contributed by atoms with Crippen molar-refractivity contribution in [1.82, 2.24) is 4.90 Å². The zero-order chi connectivity index (χ0) is 28.6. The summed E-state index contributed by atoms with van der Waals surface area (Å²) in [6, 6.07) is 6.93. The molecule has 1 aromatic rings. The van der Waals surface area contributed by atoms with Crippen molar-refractivity contribution in [2.24, 2.45) is 15.9 Å². The lowest BCUT2D eigenvalue weighted by atomic mass is 9.92. The van der Waals surface area contributed by atoms with Crippen LogP contribution in [0.1, 0.15) is 62.9 Å². The molecule has 0 amide bonds. The minimum absolute atomic E-state index is 0.0920. The summed E-state index contributed by atoms with van der Waals surface area (Å²) in [6.45, 7) is 8.50. The molecule has 2 aliphatic rings. The van der Waals surface area contributed by atoms with Gasteiger partial charge in [-0.1, -0.05) is 44.6 Å². The first kappa shape index (κ1) is 30.8. The van der Waals surface area contributed by atoms with E-state index in [-0.39, 0.29) is 24.6 Å². The van der Waals surface area contributed by atoms with Crippen molar-refractivity contribution in [2.75, 3.05) is 27.2 Å². The van der Waals surface area contributed by atoms with Crippen LogP contribution in [-0.2, 0) is 11.2 Å². The van der Waals surface area contributed by atoms with Crippen molar-refractivity contribution >= 4 is 29.3 Å². The van der Waals surface area contributed by atoms with E-state index in [2.05, 4.69) is 29.1 Å². The first-order valence-electron chi connectivity index (χ1n) is 13.6. The number of nitrogens with zero attached hydrogens (tertiary/aromatic N) is 3. The molecule has 2 aliphatic heterocycles. The maximum Gasteiger partial charge on any atom is 0.337 e. The van der Waals surface area contributed by atoms with Crippen LogP contribution in [0.5, 0.6) is 0 Å². The number of hydrogen-bond acceptors (Lipinski definition) is 6. The largest absolute Gasteiger partial charge is 0.465 e. The van der Waals surface area contributed by atoms with E-state index in [1.807, 2.05) is 19.1 Å². The number of allylic oxidation sites excluding steroid dienone is 4. The quantitative estimate of drug-likeness (QED) is 0.202. The van der Waals surface area contributed by atoms with Gasteiger partial charge in [0.25, 0.3) is 0 Å². The molecule has 0 bridgehead atoms. The number of hydrogen-bond donors (Lipinski definition) is 0. The molecule has 0 aromatic heterocycles. The van der Waals surface area contributed by atoms with Crippen LogP contribution in [0.2, 0.25) is 0 Å². The summed E-state index contributed by atoms with van der Waals surface area (Å²) >= 11 is 1.72. The van der Waals surface area contributed by atoms with Gasteiger partial charge in [0.2, 0.25) is 0 Å². The Labute approximate surface area is 236 Å². The van der Waals surface area contributed by atoms with Crippen LogP contribution in [0, 0.1) is 5.92 Å². The van der Waals surface area contributed by atoms with Crippen molar-refractivity contribution < 1.29 is 18.3 Å². The van der Waals surface area contributed by atoms with Crippen LogP contribution in [0.15, 0.2) is 69.2 Å². The van der Waals surface area contributed by atoms with Crippen LogP contribution >= 0.6 is 11.8 Å². The molecule has 212 valence electrons. The number of halogens is 2. The van der Waals surface area contributed by atoms with E-state index >= 15 is 4.39 Å². The Bertz CT molecular complexity index is 1160. The van der Waals surface area contributed by atoms with Gasteiger partial charge in [-0.15, -0.1) is 11.8 Å². The zero-order valence-electron chi connectivity index (χ0n) is 23.9. The highest BCUT2D eigenvalue weighted by atomic mass is 32.2. The van der Waals surface area contributed by atoms with E-state index in [9.17, 15) is 9.18 Å². The SMILES string of the molecule is C/C=C\SC(C1=NCC(C(/C=C\CC(C)F)=N/C)=C2CC(F)(Cc3ccc(C(=O)OC)cc3)CN12)C(C)CC. The maximum atomic E-state index is 16.7. The predicted octanol–water partition coefficient (Wildman–Crippen LogP) is 7.15. The molecule has 0 spiro atoms.